The molecule has 1 N–H and O–H groups in total. The number of rotatable bonds is 3. The van der Waals surface area contributed by atoms with E-state index in [2.05, 4.69) is 27.3 Å². The van der Waals surface area contributed by atoms with Gasteiger partial charge in [-0.2, -0.15) is 0 Å². The van der Waals surface area contributed by atoms with Gasteiger partial charge in [0.05, 0.1) is 11.9 Å². The van der Waals surface area contributed by atoms with Gasteiger partial charge in [-0.15, -0.1) is 0 Å². The summed E-state index contributed by atoms with van der Waals surface area (Å²) in [5, 5.41) is 3.13. The van der Waals surface area contributed by atoms with E-state index in [1.165, 1.54) is 0 Å². The molecular weight excluding hydrogens is 198 g/mol. The van der Waals surface area contributed by atoms with Crippen molar-refractivity contribution >= 4 is 17.1 Å². The van der Waals surface area contributed by atoms with E-state index >= 15 is 0 Å². The summed E-state index contributed by atoms with van der Waals surface area (Å²) >= 11 is 0. The summed E-state index contributed by atoms with van der Waals surface area (Å²) in [7, 11) is 3.95. The number of hydrogen-bond donors (Lipinski definition) is 1. The van der Waals surface area contributed by atoms with Gasteiger partial charge in [0.15, 0.2) is 0 Å². The van der Waals surface area contributed by atoms with Crippen molar-refractivity contribution in [2.75, 3.05) is 24.3 Å². The third kappa shape index (κ3) is 2.14. The first-order chi connectivity index (χ1) is 7.81. The van der Waals surface area contributed by atoms with Crippen molar-refractivity contribution in [3.63, 3.8) is 0 Å². The monoisotopic (exact) mass is 213 g/mol. The maximum Gasteiger partial charge on any atom is 0.0594 e. The smallest absolute Gasteiger partial charge is 0.0594 e. The predicted molar refractivity (Wildman–Crippen MR) is 68.3 cm³/mol. The van der Waals surface area contributed by atoms with Crippen LogP contribution in [0.5, 0.6) is 0 Å². The normalized spacial score (nSPS) is 9.88. The molecule has 0 amide bonds. The molecule has 3 heteroatoms. The topological polar surface area (TPSA) is 28.2 Å². The van der Waals surface area contributed by atoms with E-state index in [1.807, 2.05) is 44.6 Å². The van der Waals surface area contributed by atoms with E-state index in [4.69, 9.17) is 0 Å². The van der Waals surface area contributed by atoms with Crippen molar-refractivity contribution in [2.45, 2.75) is 0 Å². The average Bonchev–Trinajstić information content (AvgIpc) is 2.39. The van der Waals surface area contributed by atoms with Crippen LogP contribution in [0.25, 0.3) is 0 Å². The number of pyridine rings is 1. The summed E-state index contributed by atoms with van der Waals surface area (Å²) in [6.07, 6.45) is 3.63. The fourth-order valence-electron chi connectivity index (χ4n) is 1.57. The Kier molecular flexibility index (Phi) is 3.05. The molecule has 1 heterocycles. The fourth-order valence-corrected chi connectivity index (χ4v) is 1.57. The Bertz CT molecular complexity index is 454. The van der Waals surface area contributed by atoms with Crippen molar-refractivity contribution in [2.24, 2.45) is 0 Å². The number of aromatic nitrogens is 1. The Hall–Kier alpha value is -2.03. The number of nitrogens with zero attached hydrogens (tertiary/aromatic N) is 2. The highest BCUT2D eigenvalue weighted by Gasteiger charge is 2.03. The summed E-state index contributed by atoms with van der Waals surface area (Å²) in [5.41, 5.74) is 3.32. The summed E-state index contributed by atoms with van der Waals surface area (Å²) < 4.78 is 0. The second kappa shape index (κ2) is 4.66. The van der Waals surface area contributed by atoms with Gasteiger partial charge in [0, 0.05) is 31.7 Å². The van der Waals surface area contributed by atoms with Gasteiger partial charge in [-0.05, 0) is 30.3 Å². The summed E-state index contributed by atoms with van der Waals surface area (Å²) in [4.78, 5) is 6.22. The van der Waals surface area contributed by atoms with Crippen molar-refractivity contribution in [3.05, 3.63) is 48.8 Å². The lowest BCUT2D eigenvalue weighted by Crippen LogP contribution is -2.09. The zero-order valence-electron chi connectivity index (χ0n) is 9.51. The van der Waals surface area contributed by atoms with E-state index in [0.717, 1.165) is 17.1 Å². The van der Waals surface area contributed by atoms with Crippen LogP contribution in [0.3, 0.4) is 0 Å². The lowest BCUT2D eigenvalue weighted by molar-refractivity contribution is 1.17. The Morgan fingerprint density at radius 1 is 1.12 bits per heavy atom. The van der Waals surface area contributed by atoms with Crippen LogP contribution in [0.15, 0.2) is 48.8 Å². The van der Waals surface area contributed by atoms with Gasteiger partial charge in [-0.3, -0.25) is 4.98 Å². The highest BCUT2D eigenvalue weighted by Crippen LogP contribution is 2.24. The molecule has 0 saturated carbocycles. The Labute approximate surface area is 95.7 Å². The molecule has 0 bridgehead atoms. The summed E-state index contributed by atoms with van der Waals surface area (Å²) in [5.74, 6) is 0. The molecule has 0 aliphatic heterocycles. The van der Waals surface area contributed by atoms with Crippen molar-refractivity contribution in [1.82, 2.24) is 4.98 Å². The fraction of sp³-hybridized carbons (Fsp3) is 0.154. The van der Waals surface area contributed by atoms with E-state index in [0.29, 0.717) is 0 Å². The largest absolute Gasteiger partial charge is 0.388 e. The SMILES string of the molecule is CNc1cccc(N(C)c2cccnc2)c1. The van der Waals surface area contributed by atoms with Crippen molar-refractivity contribution in [3.8, 4) is 0 Å². The van der Waals surface area contributed by atoms with Crippen LogP contribution in [0.1, 0.15) is 0 Å². The minimum Gasteiger partial charge on any atom is -0.388 e. The van der Waals surface area contributed by atoms with Crippen LogP contribution >= 0.6 is 0 Å². The van der Waals surface area contributed by atoms with Gasteiger partial charge in [0.2, 0.25) is 0 Å². The highest BCUT2D eigenvalue weighted by molar-refractivity contribution is 5.65. The first-order valence-electron chi connectivity index (χ1n) is 5.23. The maximum atomic E-state index is 4.12. The maximum absolute atomic E-state index is 4.12. The molecule has 0 fully saturated rings. The first kappa shape index (κ1) is 10.5. The molecule has 0 unspecified atom stereocenters. The van der Waals surface area contributed by atoms with Crippen LogP contribution in [0.4, 0.5) is 17.1 Å². The molecule has 2 rings (SSSR count). The minimum absolute atomic E-state index is 1.08. The molecule has 0 aliphatic carbocycles. The van der Waals surface area contributed by atoms with Gasteiger partial charge in [-0.1, -0.05) is 6.07 Å². The average molecular weight is 213 g/mol. The third-order valence-corrected chi connectivity index (χ3v) is 2.56. The standard InChI is InChI=1S/C13H15N3/c1-14-11-5-3-6-12(9-11)16(2)13-7-4-8-15-10-13/h3-10,14H,1-2H3. The van der Waals surface area contributed by atoms with Gasteiger partial charge >= 0.3 is 0 Å². The first-order valence-corrected chi connectivity index (χ1v) is 5.23. The van der Waals surface area contributed by atoms with Gasteiger partial charge in [-0.25, -0.2) is 0 Å². The van der Waals surface area contributed by atoms with Gasteiger partial charge in [0.25, 0.3) is 0 Å². The molecule has 16 heavy (non-hydrogen) atoms. The lowest BCUT2D eigenvalue weighted by Gasteiger charge is -2.19. The van der Waals surface area contributed by atoms with Gasteiger partial charge < -0.3 is 10.2 Å². The summed E-state index contributed by atoms with van der Waals surface area (Å²) in [6.45, 7) is 0. The predicted octanol–water partition coefficient (Wildman–Crippen LogP) is 2.89. The van der Waals surface area contributed by atoms with Crippen LogP contribution in [0, 0.1) is 0 Å². The zero-order valence-corrected chi connectivity index (χ0v) is 9.51. The molecule has 0 aliphatic rings. The second-order valence-electron chi connectivity index (χ2n) is 3.57. The van der Waals surface area contributed by atoms with Crippen molar-refractivity contribution < 1.29 is 0 Å². The van der Waals surface area contributed by atoms with Gasteiger partial charge in [0.1, 0.15) is 0 Å². The molecule has 0 atom stereocenters. The quantitative estimate of drug-likeness (QED) is 0.849. The van der Waals surface area contributed by atoms with E-state index in [1.54, 1.807) is 6.20 Å². The molecule has 0 saturated heterocycles. The Morgan fingerprint density at radius 3 is 2.62 bits per heavy atom. The van der Waals surface area contributed by atoms with Crippen LogP contribution in [-0.2, 0) is 0 Å². The van der Waals surface area contributed by atoms with Crippen molar-refractivity contribution in [1.29, 1.82) is 0 Å². The van der Waals surface area contributed by atoms with Crippen LogP contribution < -0.4 is 10.2 Å². The molecule has 0 radical (unpaired) electrons. The minimum atomic E-state index is 1.08. The van der Waals surface area contributed by atoms with Crippen LogP contribution in [0.2, 0.25) is 0 Å². The molecule has 3 nitrogen and oxygen atoms in total. The van der Waals surface area contributed by atoms with E-state index in [-0.39, 0.29) is 0 Å². The zero-order chi connectivity index (χ0) is 11.4. The third-order valence-electron chi connectivity index (χ3n) is 2.56. The Balaban J connectivity index is 2.30. The molecule has 2 aromatic rings. The molecule has 0 spiro atoms. The number of hydrogen-bond acceptors (Lipinski definition) is 3. The molecular formula is C13H15N3. The molecule has 1 aromatic heterocycles. The molecule has 82 valence electrons. The molecule has 1 aromatic carbocycles. The lowest BCUT2D eigenvalue weighted by atomic mass is 10.2. The van der Waals surface area contributed by atoms with Crippen LogP contribution in [-0.4, -0.2) is 19.1 Å². The number of benzene rings is 1. The second-order valence-corrected chi connectivity index (χ2v) is 3.57. The Morgan fingerprint density at radius 2 is 1.94 bits per heavy atom. The number of nitrogens with one attached hydrogen (secondary N) is 1. The summed E-state index contributed by atoms with van der Waals surface area (Å²) in [6, 6.07) is 12.2. The highest BCUT2D eigenvalue weighted by atomic mass is 15.1. The van der Waals surface area contributed by atoms with E-state index < -0.39 is 0 Å². The van der Waals surface area contributed by atoms with E-state index in [9.17, 15) is 0 Å². The number of anilines is 3.